The van der Waals surface area contributed by atoms with Gasteiger partial charge in [0.15, 0.2) is 0 Å². The second-order valence-corrected chi connectivity index (χ2v) is 9.98. The van der Waals surface area contributed by atoms with Gasteiger partial charge in [0.05, 0.1) is 0 Å². The van der Waals surface area contributed by atoms with E-state index in [1.165, 1.54) is 44.9 Å². The van der Waals surface area contributed by atoms with Crippen molar-refractivity contribution in [3.05, 3.63) is 0 Å². The lowest BCUT2D eigenvalue weighted by Crippen LogP contribution is -2.47. The minimum absolute atomic E-state index is 0.273. The van der Waals surface area contributed by atoms with Crippen molar-refractivity contribution in [3.63, 3.8) is 0 Å². The highest BCUT2D eigenvalue weighted by Crippen LogP contribution is 2.20. The van der Waals surface area contributed by atoms with Gasteiger partial charge in [0.2, 0.25) is 0 Å². The number of rotatable bonds is 18. The average molecular weight is 405 g/mol. The topological polar surface area (TPSA) is 44.8 Å². The van der Waals surface area contributed by atoms with Gasteiger partial charge in [0.25, 0.3) is 0 Å². The fourth-order valence-corrected chi connectivity index (χ4v) is 5.88. The van der Waals surface area contributed by atoms with E-state index < -0.39 is 8.80 Å². The molecule has 0 saturated heterocycles. The Hall–Kier alpha value is -0.303. The first-order chi connectivity index (χ1) is 12.5. The Morgan fingerprint density at radius 3 is 1.77 bits per heavy atom. The molecule has 4 nitrogen and oxygen atoms in total. The SMILES string of the molecule is CCCCCCCCCCCC(=O)CC[Si](OCC)(OCC)OC(C)=S. The molecule has 154 valence electrons. The molecule has 0 unspecified atom stereocenters. The Balaban J connectivity index is 3.99. The smallest absolute Gasteiger partial charge is 0.495 e. The third kappa shape index (κ3) is 13.8. The molecule has 0 fully saturated rings. The molecule has 0 N–H and O–H groups in total. The van der Waals surface area contributed by atoms with Crippen LogP contribution in [0.3, 0.4) is 0 Å². The summed E-state index contributed by atoms with van der Waals surface area (Å²) in [5.74, 6) is 0.273. The maximum Gasteiger partial charge on any atom is 0.566 e. The molecule has 0 aliphatic rings. The number of thiocarbonyl (C=S) groups is 1. The van der Waals surface area contributed by atoms with E-state index in [1.807, 2.05) is 13.8 Å². The van der Waals surface area contributed by atoms with E-state index in [2.05, 4.69) is 6.92 Å². The third-order valence-electron chi connectivity index (χ3n) is 4.30. The van der Waals surface area contributed by atoms with Crippen LogP contribution in [0.25, 0.3) is 0 Å². The number of ketones is 1. The van der Waals surface area contributed by atoms with Gasteiger partial charge in [0.1, 0.15) is 10.8 Å². The lowest BCUT2D eigenvalue weighted by molar-refractivity contribution is -0.119. The van der Waals surface area contributed by atoms with Crippen molar-refractivity contribution in [2.24, 2.45) is 0 Å². The van der Waals surface area contributed by atoms with E-state index >= 15 is 0 Å². The van der Waals surface area contributed by atoms with Gasteiger partial charge >= 0.3 is 8.80 Å². The van der Waals surface area contributed by atoms with Crippen LogP contribution in [0, 0.1) is 0 Å². The van der Waals surface area contributed by atoms with E-state index in [4.69, 9.17) is 25.5 Å². The van der Waals surface area contributed by atoms with Crippen LogP contribution in [0.15, 0.2) is 0 Å². The van der Waals surface area contributed by atoms with Crippen LogP contribution < -0.4 is 0 Å². The number of carbonyl (C=O) groups excluding carboxylic acids is 1. The molecule has 0 aromatic rings. The van der Waals surface area contributed by atoms with Crippen LogP contribution in [0.1, 0.15) is 98.3 Å². The predicted molar refractivity (Wildman–Crippen MR) is 115 cm³/mol. The summed E-state index contributed by atoms with van der Waals surface area (Å²) in [6.45, 7) is 8.79. The maximum atomic E-state index is 12.2. The Morgan fingerprint density at radius 1 is 0.808 bits per heavy atom. The molecule has 0 heterocycles. The Bertz CT molecular complexity index is 371. The maximum absolute atomic E-state index is 12.2. The molecule has 0 rings (SSSR count). The van der Waals surface area contributed by atoms with Crippen LogP contribution in [0.4, 0.5) is 0 Å². The van der Waals surface area contributed by atoms with Crippen molar-refractivity contribution in [2.45, 2.75) is 104 Å². The summed E-state index contributed by atoms with van der Waals surface area (Å²) >= 11 is 5.06. The molecule has 0 atom stereocenters. The van der Waals surface area contributed by atoms with Crippen LogP contribution >= 0.6 is 12.2 Å². The summed E-state index contributed by atoms with van der Waals surface area (Å²) in [5.41, 5.74) is 0. The quantitative estimate of drug-likeness (QED) is 0.154. The van der Waals surface area contributed by atoms with E-state index in [0.717, 1.165) is 12.8 Å². The van der Waals surface area contributed by atoms with Crippen molar-refractivity contribution >= 4 is 31.9 Å². The molecule has 0 amide bonds. The van der Waals surface area contributed by atoms with Gasteiger partial charge in [-0.3, -0.25) is 4.79 Å². The first kappa shape index (κ1) is 25.7. The molecule has 0 aromatic heterocycles. The predicted octanol–water partition coefficient (Wildman–Crippen LogP) is 6.24. The molecule has 0 spiro atoms. The number of hydrogen-bond acceptors (Lipinski definition) is 5. The van der Waals surface area contributed by atoms with Crippen LogP contribution in [0.5, 0.6) is 0 Å². The highest BCUT2D eigenvalue weighted by atomic mass is 32.1. The normalized spacial score (nSPS) is 11.5. The molecule has 0 aliphatic carbocycles. The largest absolute Gasteiger partial charge is 0.566 e. The molecule has 6 heteroatoms. The minimum Gasteiger partial charge on any atom is -0.495 e. The highest BCUT2D eigenvalue weighted by Gasteiger charge is 2.43. The zero-order valence-electron chi connectivity index (χ0n) is 17.4. The summed E-state index contributed by atoms with van der Waals surface area (Å²) in [6, 6.07) is 0.513. The summed E-state index contributed by atoms with van der Waals surface area (Å²) in [6.07, 6.45) is 12.5. The summed E-state index contributed by atoms with van der Waals surface area (Å²) in [4.78, 5) is 12.2. The van der Waals surface area contributed by atoms with E-state index in [0.29, 0.717) is 37.2 Å². The molecule has 0 bridgehead atoms. The Kier molecular flexibility index (Phi) is 16.6. The number of Topliss-reactive ketones (excluding diaryl/α,β-unsaturated/α-hetero) is 1. The fraction of sp³-hybridized carbons (Fsp3) is 0.900. The van der Waals surface area contributed by atoms with E-state index in [1.54, 1.807) is 6.92 Å². The molecular formula is C20H40O4SSi. The average Bonchev–Trinajstić information content (AvgIpc) is 2.58. The van der Waals surface area contributed by atoms with Gasteiger partial charge in [-0.05, 0) is 32.5 Å². The molecule has 0 aliphatic heterocycles. The first-order valence-corrected chi connectivity index (χ1v) is 12.8. The zero-order valence-corrected chi connectivity index (χ0v) is 19.3. The van der Waals surface area contributed by atoms with Gasteiger partial charge in [-0.15, -0.1) is 0 Å². The van der Waals surface area contributed by atoms with E-state index in [9.17, 15) is 4.79 Å². The van der Waals surface area contributed by atoms with Gasteiger partial charge in [-0.1, -0.05) is 58.3 Å². The third-order valence-corrected chi connectivity index (χ3v) is 7.46. The molecule has 0 aromatic carbocycles. The fourth-order valence-electron chi connectivity index (χ4n) is 3.01. The minimum atomic E-state index is -2.86. The Labute approximate surface area is 167 Å². The van der Waals surface area contributed by atoms with Crippen LogP contribution in [0.2, 0.25) is 6.04 Å². The van der Waals surface area contributed by atoms with Crippen molar-refractivity contribution in [1.29, 1.82) is 0 Å². The van der Waals surface area contributed by atoms with Crippen molar-refractivity contribution in [2.75, 3.05) is 13.2 Å². The van der Waals surface area contributed by atoms with Gasteiger partial charge < -0.3 is 13.3 Å². The highest BCUT2D eigenvalue weighted by molar-refractivity contribution is 7.80. The first-order valence-electron chi connectivity index (χ1n) is 10.5. The summed E-state index contributed by atoms with van der Waals surface area (Å²) < 4.78 is 17.3. The van der Waals surface area contributed by atoms with Gasteiger partial charge in [-0.2, -0.15) is 0 Å². The van der Waals surface area contributed by atoms with Crippen LogP contribution in [-0.2, 0) is 18.1 Å². The van der Waals surface area contributed by atoms with Crippen molar-refractivity contribution in [1.82, 2.24) is 0 Å². The van der Waals surface area contributed by atoms with Crippen molar-refractivity contribution in [3.8, 4) is 0 Å². The van der Waals surface area contributed by atoms with E-state index in [-0.39, 0.29) is 5.78 Å². The lowest BCUT2D eigenvalue weighted by atomic mass is 10.1. The number of unbranched alkanes of at least 4 members (excludes halogenated alkanes) is 8. The molecule has 0 radical (unpaired) electrons. The Morgan fingerprint density at radius 2 is 1.31 bits per heavy atom. The molecule has 0 saturated carbocycles. The monoisotopic (exact) mass is 404 g/mol. The van der Waals surface area contributed by atoms with Crippen LogP contribution in [-0.4, -0.2) is 32.9 Å². The summed E-state index contributed by atoms with van der Waals surface area (Å²) in [7, 11) is -2.86. The lowest BCUT2D eigenvalue weighted by Gasteiger charge is -2.28. The van der Waals surface area contributed by atoms with Gasteiger partial charge in [0, 0.05) is 39.0 Å². The zero-order chi connectivity index (χ0) is 19.7. The van der Waals surface area contributed by atoms with Crippen molar-refractivity contribution < 1.29 is 18.1 Å². The number of carbonyl (C=O) groups is 1. The number of hydrogen-bond donors (Lipinski definition) is 0. The standard InChI is InChI=1S/C20H40O4SSi/c1-5-8-9-10-11-12-13-14-15-16-20(21)17-18-26(22-6-2,23-7-3)24-19(4)25/h5-18H2,1-4H3. The second-order valence-electron chi connectivity index (χ2n) is 6.76. The second kappa shape index (κ2) is 16.8. The molecular weight excluding hydrogens is 364 g/mol. The molecule has 26 heavy (non-hydrogen) atoms. The van der Waals surface area contributed by atoms with Gasteiger partial charge in [-0.25, -0.2) is 0 Å². The summed E-state index contributed by atoms with van der Waals surface area (Å²) in [5, 5.41) is 0.421.